The van der Waals surface area contributed by atoms with Gasteiger partial charge in [-0.05, 0) is 32.9 Å². The van der Waals surface area contributed by atoms with Crippen molar-refractivity contribution in [2.75, 3.05) is 0 Å². The molecule has 0 fully saturated rings. The molecule has 1 N–H and O–H groups in total. The minimum atomic E-state index is -1.09. The van der Waals surface area contributed by atoms with E-state index in [0.717, 1.165) is 11.4 Å². The van der Waals surface area contributed by atoms with Crippen LogP contribution in [0.3, 0.4) is 0 Å². The maximum Gasteiger partial charge on any atom is 0.356 e. The molecule has 0 aliphatic heterocycles. The molecule has 0 radical (unpaired) electrons. The zero-order valence-electron chi connectivity index (χ0n) is 9.80. The minimum absolute atomic E-state index is 0.0417. The summed E-state index contributed by atoms with van der Waals surface area (Å²) in [6.45, 7) is 5.38. The Bertz CT molecular complexity index is 570. The van der Waals surface area contributed by atoms with Crippen LogP contribution in [0, 0.1) is 20.8 Å². The van der Waals surface area contributed by atoms with Crippen LogP contribution < -0.4 is 0 Å². The van der Waals surface area contributed by atoms with Gasteiger partial charge in [0.1, 0.15) is 5.69 Å². The second-order valence-corrected chi connectivity index (χ2v) is 3.79. The van der Waals surface area contributed by atoms with Gasteiger partial charge in [-0.25, -0.2) is 9.78 Å². The molecule has 6 nitrogen and oxygen atoms in total. The number of hydrogen-bond donors (Lipinski definition) is 1. The molecule has 6 heteroatoms. The number of aromatic carboxylic acids is 1. The summed E-state index contributed by atoms with van der Waals surface area (Å²) in [7, 11) is 0. The number of carbonyl (C=O) groups is 1. The van der Waals surface area contributed by atoms with Crippen molar-refractivity contribution in [2.45, 2.75) is 20.8 Å². The molecule has 2 heterocycles. The normalized spacial score (nSPS) is 10.5. The Balaban J connectivity index is 2.62. The zero-order valence-corrected chi connectivity index (χ0v) is 9.80. The summed E-state index contributed by atoms with van der Waals surface area (Å²) >= 11 is 0. The third-order valence-corrected chi connectivity index (χ3v) is 2.44. The van der Waals surface area contributed by atoms with E-state index in [2.05, 4.69) is 15.2 Å². The molecule has 0 aliphatic rings. The van der Waals surface area contributed by atoms with Gasteiger partial charge in [0.15, 0.2) is 5.69 Å². The number of hydrogen-bond acceptors (Lipinski definition) is 4. The highest BCUT2D eigenvalue weighted by Gasteiger charge is 2.16. The summed E-state index contributed by atoms with van der Waals surface area (Å²) in [5.41, 5.74) is 2.51. The topological polar surface area (TPSA) is 80.9 Å². The van der Waals surface area contributed by atoms with Gasteiger partial charge >= 0.3 is 5.97 Å². The van der Waals surface area contributed by atoms with Crippen molar-refractivity contribution in [1.29, 1.82) is 0 Å². The Morgan fingerprint density at radius 2 is 1.76 bits per heavy atom. The predicted octanol–water partition coefficient (Wildman–Crippen LogP) is 1.29. The quantitative estimate of drug-likeness (QED) is 0.843. The van der Waals surface area contributed by atoms with Crippen molar-refractivity contribution < 1.29 is 9.90 Å². The fourth-order valence-electron chi connectivity index (χ4n) is 1.43. The number of aromatic nitrogens is 4. The number of carboxylic acid groups (broad SMARTS) is 1. The van der Waals surface area contributed by atoms with E-state index in [1.165, 1.54) is 4.80 Å². The number of carboxylic acids is 1. The van der Waals surface area contributed by atoms with E-state index in [4.69, 9.17) is 5.11 Å². The van der Waals surface area contributed by atoms with Crippen LogP contribution in [0.15, 0.2) is 12.1 Å². The highest BCUT2D eigenvalue weighted by atomic mass is 16.4. The molecule has 0 aliphatic carbocycles. The van der Waals surface area contributed by atoms with E-state index < -0.39 is 5.97 Å². The van der Waals surface area contributed by atoms with Crippen LogP contribution in [0.25, 0.3) is 5.69 Å². The molecule has 0 spiro atoms. The Kier molecular flexibility index (Phi) is 2.63. The van der Waals surface area contributed by atoms with E-state index in [0.29, 0.717) is 11.4 Å². The number of aryl methyl sites for hydroxylation is 3. The summed E-state index contributed by atoms with van der Waals surface area (Å²) in [5.74, 6) is -1.09. The molecular weight excluding hydrogens is 220 g/mol. The van der Waals surface area contributed by atoms with E-state index >= 15 is 0 Å². The SMILES string of the molecule is Cc1ccc(-n2nc(C)c(C)n2)c(C(=O)O)n1. The molecule has 0 unspecified atom stereocenters. The lowest BCUT2D eigenvalue weighted by atomic mass is 10.2. The molecule has 88 valence electrons. The van der Waals surface area contributed by atoms with Gasteiger partial charge in [-0.15, -0.1) is 4.80 Å². The third-order valence-electron chi connectivity index (χ3n) is 2.44. The highest BCUT2D eigenvalue weighted by Crippen LogP contribution is 2.13. The van der Waals surface area contributed by atoms with Gasteiger partial charge < -0.3 is 5.11 Å². The van der Waals surface area contributed by atoms with E-state index in [9.17, 15) is 4.79 Å². The monoisotopic (exact) mass is 232 g/mol. The van der Waals surface area contributed by atoms with E-state index in [-0.39, 0.29) is 5.69 Å². The summed E-state index contributed by atoms with van der Waals surface area (Å²) in [4.78, 5) is 16.4. The summed E-state index contributed by atoms with van der Waals surface area (Å²) in [6.07, 6.45) is 0. The first kappa shape index (κ1) is 11.3. The van der Waals surface area contributed by atoms with E-state index in [1.54, 1.807) is 19.1 Å². The first-order valence-corrected chi connectivity index (χ1v) is 5.11. The lowest BCUT2D eigenvalue weighted by molar-refractivity contribution is 0.0690. The van der Waals surface area contributed by atoms with Crippen LogP contribution >= 0.6 is 0 Å². The molecule has 2 aromatic rings. The Labute approximate surface area is 97.9 Å². The third kappa shape index (κ3) is 2.01. The molecule has 0 saturated heterocycles. The maximum atomic E-state index is 11.1. The van der Waals surface area contributed by atoms with Gasteiger partial charge in [-0.2, -0.15) is 10.2 Å². The van der Waals surface area contributed by atoms with E-state index in [1.807, 2.05) is 13.8 Å². The molecule has 2 rings (SSSR count). The standard InChI is InChI=1S/C11H12N4O2/c1-6-4-5-9(10(12-6)11(16)17)15-13-7(2)8(3)14-15/h4-5H,1-3H3,(H,16,17). The molecular formula is C11H12N4O2. The number of rotatable bonds is 2. The van der Waals surface area contributed by atoms with Crippen LogP contribution in [0.2, 0.25) is 0 Å². The van der Waals surface area contributed by atoms with Gasteiger partial charge in [0.2, 0.25) is 0 Å². The van der Waals surface area contributed by atoms with Crippen molar-refractivity contribution in [3.05, 3.63) is 34.9 Å². The Hall–Kier alpha value is -2.24. The van der Waals surface area contributed by atoms with Gasteiger partial charge in [0.25, 0.3) is 0 Å². The van der Waals surface area contributed by atoms with Gasteiger partial charge in [0, 0.05) is 5.69 Å². The maximum absolute atomic E-state index is 11.1. The average Bonchev–Trinajstić information content (AvgIpc) is 2.59. The summed E-state index contributed by atoms with van der Waals surface area (Å²) < 4.78 is 0. The zero-order chi connectivity index (χ0) is 12.6. The van der Waals surface area contributed by atoms with Gasteiger partial charge in [-0.1, -0.05) is 0 Å². The van der Waals surface area contributed by atoms with Crippen molar-refractivity contribution >= 4 is 5.97 Å². The molecule has 0 aromatic carbocycles. The van der Waals surface area contributed by atoms with Crippen molar-refractivity contribution in [3.8, 4) is 5.69 Å². The molecule has 0 bridgehead atoms. The van der Waals surface area contributed by atoms with Crippen LogP contribution in [-0.2, 0) is 0 Å². The van der Waals surface area contributed by atoms with Crippen molar-refractivity contribution in [3.63, 3.8) is 0 Å². The summed E-state index contributed by atoms with van der Waals surface area (Å²) in [5, 5.41) is 17.4. The average molecular weight is 232 g/mol. The van der Waals surface area contributed by atoms with Crippen LogP contribution in [0.4, 0.5) is 0 Å². The first-order valence-electron chi connectivity index (χ1n) is 5.11. The molecule has 0 amide bonds. The fraction of sp³-hybridized carbons (Fsp3) is 0.273. The van der Waals surface area contributed by atoms with Crippen LogP contribution in [0.5, 0.6) is 0 Å². The fourth-order valence-corrected chi connectivity index (χ4v) is 1.43. The molecule has 17 heavy (non-hydrogen) atoms. The first-order chi connectivity index (χ1) is 7.99. The van der Waals surface area contributed by atoms with Crippen LogP contribution in [0.1, 0.15) is 27.6 Å². The molecule has 2 aromatic heterocycles. The smallest absolute Gasteiger partial charge is 0.356 e. The second-order valence-electron chi connectivity index (χ2n) is 3.79. The largest absolute Gasteiger partial charge is 0.476 e. The highest BCUT2D eigenvalue weighted by molar-refractivity contribution is 5.89. The number of nitrogens with zero attached hydrogens (tertiary/aromatic N) is 4. The lowest BCUT2D eigenvalue weighted by Crippen LogP contribution is -2.11. The Morgan fingerprint density at radius 1 is 1.18 bits per heavy atom. The Morgan fingerprint density at radius 3 is 2.29 bits per heavy atom. The number of pyridine rings is 1. The second kappa shape index (κ2) is 3.97. The van der Waals surface area contributed by atoms with Crippen LogP contribution in [-0.4, -0.2) is 31.1 Å². The predicted molar refractivity (Wildman–Crippen MR) is 60.3 cm³/mol. The van der Waals surface area contributed by atoms with Crippen molar-refractivity contribution in [2.24, 2.45) is 0 Å². The minimum Gasteiger partial charge on any atom is -0.476 e. The molecule has 0 saturated carbocycles. The van der Waals surface area contributed by atoms with Gasteiger partial charge in [0.05, 0.1) is 11.4 Å². The van der Waals surface area contributed by atoms with Crippen molar-refractivity contribution in [1.82, 2.24) is 20.0 Å². The molecule has 0 atom stereocenters. The van der Waals surface area contributed by atoms with Gasteiger partial charge in [-0.3, -0.25) is 0 Å². The lowest BCUT2D eigenvalue weighted by Gasteiger charge is -2.04. The summed E-state index contributed by atoms with van der Waals surface area (Å²) in [6, 6.07) is 3.39.